The van der Waals surface area contributed by atoms with Gasteiger partial charge in [0.1, 0.15) is 5.15 Å². The molecule has 0 spiro atoms. The number of ether oxygens (including phenoxy) is 1. The van der Waals surface area contributed by atoms with Crippen molar-refractivity contribution in [3.05, 3.63) is 59.4 Å². The van der Waals surface area contributed by atoms with Crippen molar-refractivity contribution in [1.29, 1.82) is 0 Å². The van der Waals surface area contributed by atoms with Gasteiger partial charge in [-0.25, -0.2) is 9.97 Å². The highest BCUT2D eigenvalue weighted by Gasteiger charge is 2.06. The van der Waals surface area contributed by atoms with Crippen molar-refractivity contribution in [1.82, 2.24) is 9.97 Å². The van der Waals surface area contributed by atoms with E-state index in [0.717, 1.165) is 16.6 Å². The first kappa shape index (κ1) is 13.0. The molecule has 1 heterocycles. The van der Waals surface area contributed by atoms with Crippen LogP contribution in [0.25, 0.3) is 22.2 Å². The van der Waals surface area contributed by atoms with Gasteiger partial charge in [0, 0.05) is 12.7 Å². The second-order valence-corrected chi connectivity index (χ2v) is 4.89. The lowest BCUT2D eigenvalue weighted by molar-refractivity contribution is 0.181. The first-order valence-corrected chi connectivity index (χ1v) is 6.65. The summed E-state index contributed by atoms with van der Waals surface area (Å²) in [5, 5.41) is 2.77. The molecule has 0 amide bonds. The van der Waals surface area contributed by atoms with Crippen LogP contribution in [-0.4, -0.2) is 17.1 Å². The number of benzene rings is 2. The number of methoxy groups -OCH3 is 1. The van der Waals surface area contributed by atoms with E-state index >= 15 is 0 Å². The fourth-order valence-corrected chi connectivity index (χ4v) is 2.35. The Balaban J connectivity index is 2.10. The van der Waals surface area contributed by atoms with Crippen LogP contribution in [0.1, 0.15) is 5.69 Å². The van der Waals surface area contributed by atoms with Gasteiger partial charge in [-0.2, -0.15) is 0 Å². The molecule has 2 aromatic carbocycles. The second-order valence-electron chi connectivity index (χ2n) is 4.50. The molecule has 0 aliphatic rings. The van der Waals surface area contributed by atoms with E-state index in [9.17, 15) is 0 Å². The van der Waals surface area contributed by atoms with Crippen molar-refractivity contribution in [3.63, 3.8) is 0 Å². The van der Waals surface area contributed by atoms with Crippen LogP contribution in [0.4, 0.5) is 0 Å². The van der Waals surface area contributed by atoms with E-state index in [1.54, 1.807) is 13.2 Å². The lowest BCUT2D eigenvalue weighted by atomic mass is 10.1. The van der Waals surface area contributed by atoms with Gasteiger partial charge in [-0.05, 0) is 22.9 Å². The molecule has 0 fully saturated rings. The zero-order valence-corrected chi connectivity index (χ0v) is 11.8. The lowest BCUT2D eigenvalue weighted by Crippen LogP contribution is -1.97. The van der Waals surface area contributed by atoms with Crippen LogP contribution < -0.4 is 0 Å². The Hall–Kier alpha value is -1.97. The Morgan fingerprint density at radius 3 is 2.60 bits per heavy atom. The monoisotopic (exact) mass is 284 g/mol. The average Bonchev–Trinajstić information content (AvgIpc) is 2.46. The standard InChI is InChI=1S/C16H13ClN2O/c1-20-10-14-9-15(17)19-16(18-14)13-7-6-11-4-2-3-5-12(11)8-13/h2-9H,10H2,1H3. The van der Waals surface area contributed by atoms with Crippen molar-refractivity contribution in [2.24, 2.45) is 0 Å². The summed E-state index contributed by atoms with van der Waals surface area (Å²) in [6, 6.07) is 16.0. The van der Waals surface area contributed by atoms with E-state index in [-0.39, 0.29) is 0 Å². The number of hydrogen-bond donors (Lipinski definition) is 0. The van der Waals surface area contributed by atoms with Crippen LogP contribution in [0, 0.1) is 0 Å². The number of hydrogen-bond acceptors (Lipinski definition) is 3. The van der Waals surface area contributed by atoms with Crippen LogP contribution >= 0.6 is 11.6 Å². The molecular formula is C16H13ClN2O. The highest BCUT2D eigenvalue weighted by molar-refractivity contribution is 6.29. The molecule has 1 aromatic heterocycles. The summed E-state index contributed by atoms with van der Waals surface area (Å²) in [5.41, 5.74) is 1.72. The first-order valence-electron chi connectivity index (χ1n) is 6.28. The third kappa shape index (κ3) is 2.64. The third-order valence-corrected chi connectivity index (χ3v) is 3.24. The van der Waals surface area contributed by atoms with Gasteiger partial charge in [0.05, 0.1) is 12.3 Å². The summed E-state index contributed by atoms with van der Waals surface area (Å²) in [5.74, 6) is 0.621. The molecule has 3 nitrogen and oxygen atoms in total. The van der Waals surface area contributed by atoms with Gasteiger partial charge in [0.25, 0.3) is 0 Å². The van der Waals surface area contributed by atoms with Crippen molar-refractivity contribution in [3.8, 4) is 11.4 Å². The zero-order valence-electron chi connectivity index (χ0n) is 11.0. The SMILES string of the molecule is COCc1cc(Cl)nc(-c2ccc3ccccc3c2)n1. The van der Waals surface area contributed by atoms with Crippen molar-refractivity contribution < 1.29 is 4.74 Å². The molecule has 3 aromatic rings. The largest absolute Gasteiger partial charge is 0.378 e. The average molecular weight is 285 g/mol. The molecule has 0 aliphatic heterocycles. The normalized spacial score (nSPS) is 10.9. The molecule has 0 atom stereocenters. The molecule has 0 saturated heterocycles. The Kier molecular flexibility index (Phi) is 3.63. The van der Waals surface area contributed by atoms with Gasteiger partial charge in [0.2, 0.25) is 0 Å². The quantitative estimate of drug-likeness (QED) is 0.679. The highest BCUT2D eigenvalue weighted by atomic mass is 35.5. The Morgan fingerprint density at radius 2 is 1.80 bits per heavy atom. The highest BCUT2D eigenvalue weighted by Crippen LogP contribution is 2.23. The van der Waals surface area contributed by atoms with Crippen molar-refractivity contribution >= 4 is 22.4 Å². The van der Waals surface area contributed by atoms with Gasteiger partial charge in [0.15, 0.2) is 5.82 Å². The Labute approximate surface area is 122 Å². The van der Waals surface area contributed by atoms with Gasteiger partial charge in [-0.3, -0.25) is 0 Å². The molecule has 0 N–H and O–H groups in total. The van der Waals surface area contributed by atoms with Gasteiger partial charge in [-0.1, -0.05) is 48.0 Å². The third-order valence-electron chi connectivity index (χ3n) is 3.05. The predicted octanol–water partition coefficient (Wildman–Crippen LogP) is 4.10. The molecule has 20 heavy (non-hydrogen) atoms. The topological polar surface area (TPSA) is 35.0 Å². The number of fused-ring (bicyclic) bond motifs is 1. The molecule has 4 heteroatoms. The Morgan fingerprint density at radius 1 is 1.00 bits per heavy atom. The number of aromatic nitrogens is 2. The van der Waals surface area contributed by atoms with Crippen molar-refractivity contribution in [2.45, 2.75) is 6.61 Å². The summed E-state index contributed by atoms with van der Waals surface area (Å²) >= 11 is 6.05. The number of nitrogens with zero attached hydrogens (tertiary/aromatic N) is 2. The van der Waals surface area contributed by atoms with E-state index in [1.165, 1.54) is 5.39 Å². The molecule has 3 rings (SSSR count). The minimum Gasteiger partial charge on any atom is -0.378 e. The van der Waals surface area contributed by atoms with Crippen molar-refractivity contribution in [2.75, 3.05) is 7.11 Å². The van der Waals surface area contributed by atoms with Crippen LogP contribution in [0.2, 0.25) is 5.15 Å². The van der Waals surface area contributed by atoms with Crippen LogP contribution in [0.5, 0.6) is 0 Å². The minimum absolute atomic E-state index is 0.419. The summed E-state index contributed by atoms with van der Waals surface area (Å²) < 4.78 is 5.10. The molecule has 0 saturated carbocycles. The molecule has 0 unspecified atom stereocenters. The zero-order chi connectivity index (χ0) is 13.9. The van der Waals surface area contributed by atoms with E-state index in [2.05, 4.69) is 34.2 Å². The van der Waals surface area contributed by atoms with E-state index in [1.807, 2.05) is 18.2 Å². The minimum atomic E-state index is 0.419. The second kappa shape index (κ2) is 5.57. The summed E-state index contributed by atoms with van der Waals surface area (Å²) in [4.78, 5) is 8.77. The predicted molar refractivity (Wildman–Crippen MR) is 80.7 cm³/mol. The lowest BCUT2D eigenvalue weighted by Gasteiger charge is -2.06. The molecular weight excluding hydrogens is 272 g/mol. The number of halogens is 1. The van der Waals surface area contributed by atoms with Crippen LogP contribution in [0.3, 0.4) is 0 Å². The van der Waals surface area contributed by atoms with E-state index in [0.29, 0.717) is 17.6 Å². The maximum absolute atomic E-state index is 6.05. The van der Waals surface area contributed by atoms with Gasteiger partial charge in [-0.15, -0.1) is 0 Å². The van der Waals surface area contributed by atoms with E-state index < -0.39 is 0 Å². The molecule has 100 valence electrons. The summed E-state index contributed by atoms with van der Waals surface area (Å²) in [7, 11) is 1.63. The van der Waals surface area contributed by atoms with Crippen LogP contribution in [-0.2, 0) is 11.3 Å². The first-order chi connectivity index (χ1) is 9.76. The van der Waals surface area contributed by atoms with Crippen LogP contribution in [0.15, 0.2) is 48.5 Å². The Bertz CT molecular complexity index is 758. The molecule has 0 aliphatic carbocycles. The summed E-state index contributed by atoms with van der Waals surface area (Å²) in [6.45, 7) is 0.419. The number of rotatable bonds is 3. The molecule has 0 bridgehead atoms. The van der Waals surface area contributed by atoms with Gasteiger partial charge < -0.3 is 4.74 Å². The summed E-state index contributed by atoms with van der Waals surface area (Å²) in [6.07, 6.45) is 0. The fourth-order valence-electron chi connectivity index (χ4n) is 2.14. The fraction of sp³-hybridized carbons (Fsp3) is 0.125. The molecule has 0 radical (unpaired) electrons. The maximum Gasteiger partial charge on any atom is 0.161 e. The van der Waals surface area contributed by atoms with E-state index in [4.69, 9.17) is 16.3 Å². The van der Waals surface area contributed by atoms with Gasteiger partial charge >= 0.3 is 0 Å². The smallest absolute Gasteiger partial charge is 0.161 e. The maximum atomic E-state index is 6.05.